The Hall–Kier alpha value is -1.22. The molecule has 3 aliphatic heterocycles. The summed E-state index contributed by atoms with van der Waals surface area (Å²) in [5.41, 5.74) is 0. The fourth-order valence-corrected chi connectivity index (χ4v) is 6.78. The number of hydrogen-bond acceptors (Lipinski definition) is 8. The second-order valence-electron chi connectivity index (χ2n) is 14.6. The molecule has 274 valence electrons. The molecule has 0 aliphatic carbocycles. The van der Waals surface area contributed by atoms with E-state index in [2.05, 4.69) is 13.8 Å². The van der Waals surface area contributed by atoms with Gasteiger partial charge in [0.2, 0.25) is 0 Å². The molecule has 0 amide bonds. The fourth-order valence-electron chi connectivity index (χ4n) is 6.78. The summed E-state index contributed by atoms with van der Waals surface area (Å²) in [4.78, 5) is 24.0. The van der Waals surface area contributed by atoms with Crippen molar-refractivity contribution in [3.63, 3.8) is 0 Å². The van der Waals surface area contributed by atoms with Crippen molar-refractivity contribution in [2.75, 3.05) is 13.2 Å². The minimum absolute atomic E-state index is 0.133. The van der Waals surface area contributed by atoms with Crippen LogP contribution in [0, 0.1) is 0 Å². The first-order valence-electron chi connectivity index (χ1n) is 20.0. The van der Waals surface area contributed by atoms with E-state index in [1.807, 2.05) is 0 Å². The second kappa shape index (κ2) is 24.8. The van der Waals surface area contributed by atoms with Crippen LogP contribution in [-0.2, 0) is 33.3 Å². The van der Waals surface area contributed by atoms with Gasteiger partial charge in [0.15, 0.2) is 0 Å². The third-order valence-corrected chi connectivity index (χ3v) is 10.1. The molecule has 3 rings (SSSR count). The van der Waals surface area contributed by atoms with E-state index < -0.39 is 6.10 Å². The maximum atomic E-state index is 12.0. The average molecular weight is 667 g/mol. The maximum absolute atomic E-state index is 12.0. The summed E-state index contributed by atoms with van der Waals surface area (Å²) in [7, 11) is 0. The normalized spacial score (nSPS) is 25.0. The molecule has 0 spiro atoms. The molecule has 0 aromatic carbocycles. The van der Waals surface area contributed by atoms with E-state index in [0.717, 1.165) is 64.2 Å². The lowest BCUT2D eigenvalue weighted by Crippen LogP contribution is -2.25. The molecule has 0 bridgehead atoms. The Morgan fingerprint density at radius 1 is 0.489 bits per heavy atom. The zero-order valence-corrected chi connectivity index (χ0v) is 30.1. The highest BCUT2D eigenvalue weighted by Gasteiger charge is 2.47. The Morgan fingerprint density at radius 3 is 1.26 bits per heavy atom. The molecule has 47 heavy (non-hydrogen) atoms. The van der Waals surface area contributed by atoms with Gasteiger partial charge in [0.05, 0.1) is 36.6 Å². The van der Waals surface area contributed by atoms with Crippen LogP contribution in [-0.4, -0.2) is 73.0 Å². The molecule has 8 nitrogen and oxygen atoms in total. The third kappa shape index (κ3) is 20.1. The van der Waals surface area contributed by atoms with Gasteiger partial charge in [-0.3, -0.25) is 9.59 Å². The summed E-state index contributed by atoms with van der Waals surface area (Å²) in [5, 5.41) is 10.0. The maximum Gasteiger partial charge on any atom is 0.305 e. The van der Waals surface area contributed by atoms with Crippen LogP contribution >= 0.6 is 0 Å². The predicted molar refractivity (Wildman–Crippen MR) is 185 cm³/mol. The van der Waals surface area contributed by atoms with Crippen LogP contribution in [0.5, 0.6) is 0 Å². The first kappa shape index (κ1) is 40.2. The largest absolute Gasteiger partial charge is 0.463 e. The lowest BCUT2D eigenvalue weighted by molar-refractivity contribution is -0.152. The standard InChI is InChI=1S/C39H70O8/c1-3-5-7-8-11-17-23-32-33(45-32)24-18-12-9-14-20-26-38(41)43-29-31(40)30-44-39(42)27-21-15-10-13-19-25-35-37(47-35)28-36-34(46-36)22-16-6-4-2/h31-37,40H,3-30H2,1-2H3. The number of unbranched alkanes of at least 4 members (excludes halogenated alkanes) is 15. The molecular weight excluding hydrogens is 596 g/mol. The van der Waals surface area contributed by atoms with E-state index in [0.29, 0.717) is 49.5 Å². The number of aliphatic hydroxyl groups is 1. The highest BCUT2D eigenvalue weighted by atomic mass is 16.6. The molecule has 0 radical (unpaired) electrons. The zero-order valence-electron chi connectivity index (χ0n) is 30.1. The minimum atomic E-state index is -0.982. The number of carbonyl (C=O) groups is 2. The molecular formula is C39H70O8. The summed E-state index contributed by atoms with van der Waals surface area (Å²) in [6.45, 7) is 4.23. The van der Waals surface area contributed by atoms with Gasteiger partial charge in [0.1, 0.15) is 19.3 Å². The Labute approximate surface area is 286 Å². The highest BCUT2D eigenvalue weighted by molar-refractivity contribution is 5.69. The van der Waals surface area contributed by atoms with E-state index in [-0.39, 0.29) is 25.2 Å². The third-order valence-electron chi connectivity index (χ3n) is 10.1. The average Bonchev–Trinajstić information content (AvgIpc) is 4.00. The molecule has 7 unspecified atom stereocenters. The number of rotatable bonds is 33. The van der Waals surface area contributed by atoms with Crippen LogP contribution in [0.2, 0.25) is 0 Å². The second-order valence-corrected chi connectivity index (χ2v) is 14.6. The van der Waals surface area contributed by atoms with Crippen molar-refractivity contribution < 1.29 is 38.4 Å². The molecule has 3 saturated heterocycles. The Morgan fingerprint density at radius 2 is 0.809 bits per heavy atom. The molecule has 0 aromatic heterocycles. The van der Waals surface area contributed by atoms with Crippen molar-refractivity contribution in [3.8, 4) is 0 Å². The van der Waals surface area contributed by atoms with Gasteiger partial charge in [0, 0.05) is 19.3 Å². The van der Waals surface area contributed by atoms with Gasteiger partial charge >= 0.3 is 11.9 Å². The molecule has 3 heterocycles. The van der Waals surface area contributed by atoms with E-state index in [1.54, 1.807) is 0 Å². The molecule has 3 aliphatic rings. The number of esters is 2. The van der Waals surface area contributed by atoms with Crippen molar-refractivity contribution in [1.29, 1.82) is 0 Å². The van der Waals surface area contributed by atoms with Crippen molar-refractivity contribution in [1.82, 2.24) is 0 Å². The minimum Gasteiger partial charge on any atom is -0.463 e. The van der Waals surface area contributed by atoms with Gasteiger partial charge in [-0.25, -0.2) is 0 Å². The van der Waals surface area contributed by atoms with Crippen LogP contribution in [0.1, 0.15) is 181 Å². The predicted octanol–water partition coefficient (Wildman–Crippen LogP) is 8.92. The van der Waals surface area contributed by atoms with Crippen molar-refractivity contribution >= 4 is 11.9 Å². The van der Waals surface area contributed by atoms with E-state index in [9.17, 15) is 14.7 Å². The quantitative estimate of drug-likeness (QED) is 0.0420. The Balaban J connectivity index is 1.00. The summed E-state index contributed by atoms with van der Waals surface area (Å²) in [5.74, 6) is -0.604. The van der Waals surface area contributed by atoms with Crippen molar-refractivity contribution in [3.05, 3.63) is 0 Å². The van der Waals surface area contributed by atoms with Gasteiger partial charge in [-0.2, -0.15) is 0 Å². The summed E-state index contributed by atoms with van der Waals surface area (Å²) >= 11 is 0. The van der Waals surface area contributed by atoms with Gasteiger partial charge < -0.3 is 28.8 Å². The van der Waals surface area contributed by atoms with Crippen LogP contribution in [0.4, 0.5) is 0 Å². The van der Waals surface area contributed by atoms with E-state index in [1.165, 1.54) is 89.9 Å². The number of ether oxygens (including phenoxy) is 5. The van der Waals surface area contributed by atoms with Gasteiger partial charge in [-0.15, -0.1) is 0 Å². The summed E-state index contributed by atoms with van der Waals surface area (Å²) in [6.07, 6.45) is 30.7. The molecule has 0 saturated carbocycles. The van der Waals surface area contributed by atoms with Crippen LogP contribution in [0.3, 0.4) is 0 Å². The Bertz CT molecular complexity index is 821. The first-order valence-corrected chi connectivity index (χ1v) is 20.0. The summed E-state index contributed by atoms with van der Waals surface area (Å²) in [6, 6.07) is 0. The molecule has 8 heteroatoms. The molecule has 0 aromatic rings. The fraction of sp³-hybridized carbons (Fsp3) is 0.949. The zero-order chi connectivity index (χ0) is 33.5. The van der Waals surface area contributed by atoms with Crippen molar-refractivity contribution in [2.24, 2.45) is 0 Å². The Kier molecular flexibility index (Phi) is 21.3. The smallest absolute Gasteiger partial charge is 0.305 e. The number of carbonyl (C=O) groups excluding carboxylic acids is 2. The lowest BCUT2D eigenvalue weighted by Gasteiger charge is -2.12. The molecule has 3 fully saturated rings. The SMILES string of the molecule is CCCCCCCCC1OC1CCCCCCCC(=O)OCC(O)COC(=O)CCCCCCCC1OC1CC1OC1CCCCC. The van der Waals surface area contributed by atoms with E-state index >= 15 is 0 Å². The van der Waals surface area contributed by atoms with Gasteiger partial charge in [-0.1, -0.05) is 123 Å². The van der Waals surface area contributed by atoms with Crippen LogP contribution < -0.4 is 0 Å². The lowest BCUT2D eigenvalue weighted by atomic mass is 10.0. The van der Waals surface area contributed by atoms with Crippen molar-refractivity contribution in [2.45, 2.75) is 224 Å². The van der Waals surface area contributed by atoms with Gasteiger partial charge in [-0.05, 0) is 38.5 Å². The first-order chi connectivity index (χ1) is 23.0. The number of aliphatic hydroxyl groups excluding tert-OH is 1. The van der Waals surface area contributed by atoms with E-state index in [4.69, 9.17) is 23.7 Å². The molecule has 7 atom stereocenters. The van der Waals surface area contributed by atoms with Crippen LogP contribution in [0.15, 0.2) is 0 Å². The highest BCUT2D eigenvalue weighted by Crippen LogP contribution is 2.39. The van der Waals surface area contributed by atoms with Crippen LogP contribution in [0.25, 0.3) is 0 Å². The monoisotopic (exact) mass is 667 g/mol. The summed E-state index contributed by atoms with van der Waals surface area (Å²) < 4.78 is 27.8. The number of hydrogen-bond donors (Lipinski definition) is 1. The molecule has 1 N–H and O–H groups in total. The van der Waals surface area contributed by atoms with Gasteiger partial charge in [0.25, 0.3) is 0 Å². The topological polar surface area (TPSA) is 110 Å². The number of epoxide rings is 3.